The molecule has 1 unspecified atom stereocenters. The molecule has 0 heterocycles. The van der Waals surface area contributed by atoms with Crippen LogP contribution in [0.15, 0.2) is 98.6 Å². The van der Waals surface area contributed by atoms with Crippen molar-refractivity contribution in [2.24, 2.45) is 0 Å². The predicted molar refractivity (Wildman–Crippen MR) is 86.4 cm³/mol. The van der Waals surface area contributed by atoms with E-state index in [1.807, 2.05) is 0 Å². The minimum Gasteiger partial charge on any atom is -0.418 e. The third-order valence-corrected chi connectivity index (χ3v) is 2.59. The van der Waals surface area contributed by atoms with Crippen molar-refractivity contribution in [2.45, 2.75) is 0 Å². The molecular formula is C16H19O3P. The molecule has 4 heteroatoms. The zero-order chi connectivity index (χ0) is 15.2. The fourth-order valence-electron chi connectivity index (χ4n) is 0.989. The van der Waals surface area contributed by atoms with Gasteiger partial charge in [0.15, 0.2) is 0 Å². The van der Waals surface area contributed by atoms with Crippen LogP contribution >= 0.6 is 8.25 Å². The summed E-state index contributed by atoms with van der Waals surface area (Å²) in [6.07, 6.45) is 16.0. The third kappa shape index (κ3) is 8.78. The van der Waals surface area contributed by atoms with E-state index < -0.39 is 8.25 Å². The molecule has 0 aromatic carbocycles. The summed E-state index contributed by atoms with van der Waals surface area (Å²) in [7, 11) is -2.74. The zero-order valence-corrected chi connectivity index (χ0v) is 12.3. The Bertz CT molecular complexity index is 494. The Kier molecular flexibility index (Phi) is 10.5. The lowest BCUT2D eigenvalue weighted by Gasteiger charge is -2.08. The molecule has 0 spiro atoms. The maximum absolute atomic E-state index is 11.8. The van der Waals surface area contributed by atoms with Crippen LogP contribution in [0.5, 0.6) is 0 Å². The van der Waals surface area contributed by atoms with E-state index in [-0.39, 0.29) is 0 Å². The monoisotopic (exact) mass is 290 g/mol. The predicted octanol–water partition coefficient (Wildman–Crippen LogP) is 5.03. The van der Waals surface area contributed by atoms with E-state index in [2.05, 4.69) is 26.3 Å². The average molecular weight is 290 g/mol. The summed E-state index contributed by atoms with van der Waals surface area (Å²) in [4.78, 5) is 0. The van der Waals surface area contributed by atoms with Crippen molar-refractivity contribution in [1.82, 2.24) is 0 Å². The Hall–Kier alpha value is -2.25. The number of rotatable bonds is 10. The smallest absolute Gasteiger partial charge is 0.418 e. The van der Waals surface area contributed by atoms with Gasteiger partial charge >= 0.3 is 8.25 Å². The van der Waals surface area contributed by atoms with Gasteiger partial charge in [0.2, 0.25) is 0 Å². The van der Waals surface area contributed by atoms with E-state index in [1.54, 1.807) is 48.6 Å². The van der Waals surface area contributed by atoms with E-state index in [1.165, 1.54) is 12.2 Å². The lowest BCUT2D eigenvalue weighted by molar-refractivity contribution is 0.329. The quantitative estimate of drug-likeness (QED) is 0.321. The Morgan fingerprint density at radius 2 is 1.45 bits per heavy atom. The highest BCUT2D eigenvalue weighted by Gasteiger charge is 2.04. The molecule has 0 saturated carbocycles. The maximum Gasteiger partial charge on any atom is 0.418 e. The molecule has 3 nitrogen and oxygen atoms in total. The van der Waals surface area contributed by atoms with Crippen molar-refractivity contribution >= 4 is 8.25 Å². The second kappa shape index (κ2) is 11.8. The Labute approximate surface area is 121 Å². The average Bonchev–Trinajstić information content (AvgIpc) is 2.44. The zero-order valence-electron chi connectivity index (χ0n) is 11.3. The minimum atomic E-state index is -2.74. The molecule has 1 atom stereocenters. The van der Waals surface area contributed by atoms with Crippen molar-refractivity contribution in [3.8, 4) is 0 Å². The van der Waals surface area contributed by atoms with Crippen LogP contribution < -0.4 is 0 Å². The van der Waals surface area contributed by atoms with Crippen LogP contribution in [0.2, 0.25) is 0 Å². The molecule has 0 saturated heterocycles. The molecule has 0 rings (SSSR count). The number of hydrogen-bond acceptors (Lipinski definition) is 3. The van der Waals surface area contributed by atoms with Crippen LogP contribution in [0.25, 0.3) is 0 Å². The molecule has 0 amide bonds. The number of allylic oxidation sites excluding steroid dienone is 10. The molecule has 0 aromatic rings. The molecule has 0 bridgehead atoms. The van der Waals surface area contributed by atoms with Gasteiger partial charge in [-0.15, -0.1) is 0 Å². The maximum atomic E-state index is 11.8. The summed E-state index contributed by atoms with van der Waals surface area (Å²) in [5, 5.41) is 0. The second-order valence-corrected chi connectivity index (χ2v) is 4.16. The van der Waals surface area contributed by atoms with Gasteiger partial charge in [-0.1, -0.05) is 62.8 Å². The Morgan fingerprint density at radius 3 is 2.00 bits per heavy atom. The van der Waals surface area contributed by atoms with E-state index >= 15 is 0 Å². The molecule has 0 aromatic heterocycles. The summed E-state index contributed by atoms with van der Waals surface area (Å²) < 4.78 is 22.1. The van der Waals surface area contributed by atoms with Crippen molar-refractivity contribution in [3.05, 3.63) is 98.6 Å². The first-order valence-corrected chi connectivity index (χ1v) is 7.03. The van der Waals surface area contributed by atoms with Gasteiger partial charge in [-0.05, 0) is 24.3 Å². The molecular weight excluding hydrogens is 271 g/mol. The van der Waals surface area contributed by atoms with Gasteiger partial charge in [0.25, 0.3) is 0 Å². The molecule has 0 fully saturated rings. The summed E-state index contributed by atoms with van der Waals surface area (Å²) in [5.74, 6) is 0.714. The van der Waals surface area contributed by atoms with Crippen LogP contribution in [0.3, 0.4) is 0 Å². The fourth-order valence-corrected chi connectivity index (χ4v) is 1.70. The van der Waals surface area contributed by atoms with Crippen LogP contribution in [0, 0.1) is 0 Å². The molecule has 0 aliphatic carbocycles. The molecule has 0 aliphatic rings. The van der Waals surface area contributed by atoms with Gasteiger partial charge in [0.1, 0.15) is 11.5 Å². The highest BCUT2D eigenvalue weighted by Crippen LogP contribution is 2.31. The van der Waals surface area contributed by atoms with Gasteiger partial charge in [0.05, 0.1) is 0 Å². The van der Waals surface area contributed by atoms with Gasteiger partial charge in [0, 0.05) is 0 Å². The van der Waals surface area contributed by atoms with Gasteiger partial charge in [-0.25, -0.2) is 4.57 Å². The third-order valence-electron chi connectivity index (χ3n) is 1.79. The van der Waals surface area contributed by atoms with Gasteiger partial charge < -0.3 is 9.05 Å². The Balaban J connectivity index is 4.73. The topological polar surface area (TPSA) is 35.5 Å². The highest BCUT2D eigenvalue weighted by atomic mass is 31.1. The van der Waals surface area contributed by atoms with Gasteiger partial charge in [-0.3, -0.25) is 0 Å². The first kappa shape index (κ1) is 17.8. The first-order valence-electron chi connectivity index (χ1n) is 5.81. The van der Waals surface area contributed by atoms with Crippen molar-refractivity contribution in [3.63, 3.8) is 0 Å². The van der Waals surface area contributed by atoms with Crippen LogP contribution in [0.1, 0.15) is 0 Å². The SMILES string of the molecule is C=C/C=C\C=C(/C=C)O[PH](=O)OC(/C=C\C=C)=C/C=C. The van der Waals surface area contributed by atoms with E-state index in [4.69, 9.17) is 9.05 Å². The van der Waals surface area contributed by atoms with E-state index in [0.717, 1.165) is 0 Å². The minimum absolute atomic E-state index is 0.345. The first-order chi connectivity index (χ1) is 9.67. The lowest BCUT2D eigenvalue weighted by Crippen LogP contribution is -1.84. The van der Waals surface area contributed by atoms with Crippen molar-refractivity contribution < 1.29 is 13.6 Å². The molecule has 20 heavy (non-hydrogen) atoms. The van der Waals surface area contributed by atoms with Crippen LogP contribution in [-0.2, 0) is 13.6 Å². The summed E-state index contributed by atoms with van der Waals surface area (Å²) in [6.45, 7) is 14.2. The molecule has 106 valence electrons. The highest BCUT2D eigenvalue weighted by molar-refractivity contribution is 7.33. The van der Waals surface area contributed by atoms with Crippen LogP contribution in [0.4, 0.5) is 0 Å². The summed E-state index contributed by atoms with van der Waals surface area (Å²) in [5.41, 5.74) is 0. The summed E-state index contributed by atoms with van der Waals surface area (Å²) in [6, 6.07) is 0. The fraction of sp³-hybridized carbons (Fsp3) is 0. The van der Waals surface area contributed by atoms with Gasteiger partial charge in [-0.2, -0.15) is 0 Å². The summed E-state index contributed by atoms with van der Waals surface area (Å²) >= 11 is 0. The van der Waals surface area contributed by atoms with Crippen molar-refractivity contribution in [1.29, 1.82) is 0 Å². The van der Waals surface area contributed by atoms with E-state index in [0.29, 0.717) is 11.5 Å². The number of hydrogen-bond donors (Lipinski definition) is 0. The largest absolute Gasteiger partial charge is 0.418 e. The van der Waals surface area contributed by atoms with Crippen molar-refractivity contribution in [2.75, 3.05) is 0 Å². The second-order valence-electron chi connectivity index (χ2n) is 3.25. The molecule has 0 radical (unpaired) electrons. The van der Waals surface area contributed by atoms with Crippen LogP contribution in [-0.4, -0.2) is 0 Å². The lowest BCUT2D eigenvalue weighted by atomic mass is 10.4. The van der Waals surface area contributed by atoms with E-state index in [9.17, 15) is 4.57 Å². The normalized spacial score (nSPS) is 14.0. The standard InChI is InChI=1S/C16H19O3P/c1-5-9-11-14-15(8-4)18-20(17)19-16(12-7-3)13-10-6-2/h5-14,20H,1-4H2/b11-9-,13-10-,15-14+,16-12+. The molecule has 0 N–H and O–H groups in total. The molecule has 0 aliphatic heterocycles. The Morgan fingerprint density at radius 1 is 0.800 bits per heavy atom.